The van der Waals surface area contributed by atoms with Crippen molar-refractivity contribution in [2.45, 2.75) is 26.7 Å². The Morgan fingerprint density at radius 2 is 2.00 bits per heavy atom. The van der Waals surface area contributed by atoms with Gasteiger partial charge in [-0.2, -0.15) is 0 Å². The van der Waals surface area contributed by atoms with E-state index in [0.717, 1.165) is 6.42 Å². The van der Waals surface area contributed by atoms with Gasteiger partial charge >= 0.3 is 0 Å². The average Bonchev–Trinajstić information content (AvgIpc) is 1.87. The summed E-state index contributed by atoms with van der Waals surface area (Å²) in [6, 6.07) is 0. The van der Waals surface area contributed by atoms with Crippen LogP contribution in [0.4, 0.5) is 0 Å². The van der Waals surface area contributed by atoms with Gasteiger partial charge in [0, 0.05) is 12.3 Å². The molecule has 0 heterocycles. The maximum atomic E-state index is 10.4. The van der Waals surface area contributed by atoms with E-state index in [0.29, 0.717) is 24.1 Å². The van der Waals surface area contributed by atoms with Gasteiger partial charge in [0.05, 0.1) is 0 Å². The molecule has 0 aliphatic rings. The topological polar surface area (TPSA) is 17.1 Å². The van der Waals surface area contributed by atoms with Gasteiger partial charge in [-0.3, -0.25) is 4.79 Å². The number of rotatable bonds is 5. The van der Waals surface area contributed by atoms with Crippen LogP contribution in [0.15, 0.2) is 0 Å². The van der Waals surface area contributed by atoms with E-state index in [2.05, 4.69) is 13.8 Å². The molecule has 11 heavy (non-hydrogen) atoms. The molecule has 0 aromatic heterocycles. The third-order valence-electron chi connectivity index (χ3n) is 1.85. The second-order valence-corrected chi connectivity index (χ2v) is 3.78. The lowest BCUT2D eigenvalue weighted by Crippen LogP contribution is -2.11. The minimum Gasteiger partial charge on any atom is -0.281 e. The molecule has 0 aliphatic carbocycles. The first-order chi connectivity index (χ1) is 5.07. The molecule has 0 aliphatic heterocycles. The van der Waals surface area contributed by atoms with Gasteiger partial charge in [-0.25, -0.2) is 0 Å². The monoisotopic (exact) mass is 196 g/mol. The first-order valence-corrected chi connectivity index (χ1v) is 4.73. The average molecular weight is 197 g/mol. The lowest BCUT2D eigenvalue weighted by molar-refractivity contribution is -0.112. The van der Waals surface area contributed by atoms with E-state index >= 15 is 0 Å². The normalized spacial score (nSPS) is 13.5. The van der Waals surface area contributed by atoms with Crippen molar-refractivity contribution in [3.05, 3.63) is 0 Å². The van der Waals surface area contributed by atoms with Gasteiger partial charge in [-0.1, -0.05) is 13.8 Å². The van der Waals surface area contributed by atoms with Gasteiger partial charge in [0.2, 0.25) is 5.24 Å². The molecular weight excluding hydrogens is 183 g/mol. The maximum Gasteiger partial charge on any atom is 0.221 e. The lowest BCUT2D eigenvalue weighted by atomic mass is 9.93. The molecule has 0 bridgehead atoms. The van der Waals surface area contributed by atoms with Gasteiger partial charge < -0.3 is 0 Å². The van der Waals surface area contributed by atoms with E-state index in [1.807, 2.05) is 0 Å². The van der Waals surface area contributed by atoms with Crippen molar-refractivity contribution in [1.82, 2.24) is 0 Å². The third-order valence-corrected chi connectivity index (χ3v) is 2.44. The number of hydrogen-bond donors (Lipinski definition) is 0. The van der Waals surface area contributed by atoms with Gasteiger partial charge in [-0.15, -0.1) is 11.6 Å². The summed E-state index contributed by atoms with van der Waals surface area (Å²) < 4.78 is 0. The maximum absolute atomic E-state index is 10.4. The molecule has 0 saturated heterocycles. The first-order valence-electron chi connectivity index (χ1n) is 3.82. The van der Waals surface area contributed by atoms with Crippen LogP contribution in [-0.4, -0.2) is 11.1 Å². The van der Waals surface area contributed by atoms with Crippen LogP contribution in [0.5, 0.6) is 0 Å². The number of alkyl halides is 1. The minimum absolute atomic E-state index is 0.263. The number of carbonyl (C=O) groups is 1. The van der Waals surface area contributed by atoms with E-state index in [9.17, 15) is 4.79 Å². The minimum atomic E-state index is -0.263. The Hall–Kier alpha value is 0.250. The first kappa shape index (κ1) is 11.2. The van der Waals surface area contributed by atoms with Gasteiger partial charge in [0.15, 0.2) is 0 Å². The molecule has 0 radical (unpaired) electrons. The molecule has 0 aromatic rings. The molecule has 0 saturated carbocycles. The Bertz CT molecular complexity index is 123. The Labute approximate surface area is 78.1 Å². The number of hydrogen-bond acceptors (Lipinski definition) is 1. The van der Waals surface area contributed by atoms with Crippen LogP contribution < -0.4 is 0 Å². The zero-order chi connectivity index (χ0) is 8.85. The Morgan fingerprint density at radius 3 is 2.27 bits per heavy atom. The molecule has 66 valence electrons. The SMILES string of the molecule is CC(C)C(CCl)CCC(=O)Cl. The van der Waals surface area contributed by atoms with Crippen LogP contribution in [0.2, 0.25) is 0 Å². The highest BCUT2D eigenvalue weighted by Gasteiger charge is 2.12. The van der Waals surface area contributed by atoms with Crippen LogP contribution in [0, 0.1) is 11.8 Å². The second kappa shape index (κ2) is 5.84. The zero-order valence-electron chi connectivity index (χ0n) is 6.94. The summed E-state index contributed by atoms with van der Waals surface area (Å²) in [7, 11) is 0. The zero-order valence-corrected chi connectivity index (χ0v) is 8.45. The summed E-state index contributed by atoms with van der Waals surface area (Å²) in [5.74, 6) is 1.56. The van der Waals surface area contributed by atoms with Crippen LogP contribution in [0.25, 0.3) is 0 Å². The molecule has 0 amide bonds. The van der Waals surface area contributed by atoms with E-state index in [4.69, 9.17) is 23.2 Å². The smallest absolute Gasteiger partial charge is 0.221 e. The van der Waals surface area contributed by atoms with Gasteiger partial charge in [-0.05, 0) is 29.9 Å². The fourth-order valence-corrected chi connectivity index (χ4v) is 1.51. The van der Waals surface area contributed by atoms with E-state index in [1.54, 1.807) is 0 Å². The molecule has 1 atom stereocenters. The summed E-state index contributed by atoms with van der Waals surface area (Å²) in [5, 5.41) is -0.263. The summed E-state index contributed by atoms with van der Waals surface area (Å²) >= 11 is 10.9. The fraction of sp³-hybridized carbons (Fsp3) is 0.875. The predicted molar refractivity (Wildman–Crippen MR) is 49.1 cm³/mol. The molecule has 1 unspecified atom stereocenters. The molecule has 1 nitrogen and oxygen atoms in total. The molecular formula is C8H14Cl2O. The van der Waals surface area contributed by atoms with Crippen molar-refractivity contribution in [2.24, 2.45) is 11.8 Å². The quantitative estimate of drug-likeness (QED) is 0.489. The summed E-state index contributed by atoms with van der Waals surface area (Å²) in [4.78, 5) is 10.4. The molecule has 0 N–H and O–H groups in total. The molecule has 0 spiro atoms. The number of halogens is 2. The Balaban J connectivity index is 3.61. The van der Waals surface area contributed by atoms with Crippen LogP contribution in [0.1, 0.15) is 26.7 Å². The Morgan fingerprint density at radius 1 is 1.45 bits per heavy atom. The fourth-order valence-electron chi connectivity index (χ4n) is 0.888. The van der Waals surface area contributed by atoms with E-state index in [-0.39, 0.29) is 5.24 Å². The lowest BCUT2D eigenvalue weighted by Gasteiger charge is -2.16. The Kier molecular flexibility index (Phi) is 5.98. The van der Waals surface area contributed by atoms with Crippen molar-refractivity contribution in [2.75, 3.05) is 5.88 Å². The van der Waals surface area contributed by atoms with Crippen LogP contribution in [-0.2, 0) is 4.79 Å². The van der Waals surface area contributed by atoms with Crippen molar-refractivity contribution in [3.8, 4) is 0 Å². The van der Waals surface area contributed by atoms with Crippen molar-refractivity contribution in [3.63, 3.8) is 0 Å². The van der Waals surface area contributed by atoms with Crippen molar-refractivity contribution in [1.29, 1.82) is 0 Å². The van der Waals surface area contributed by atoms with Crippen molar-refractivity contribution < 1.29 is 4.79 Å². The molecule has 0 rings (SSSR count). The van der Waals surface area contributed by atoms with Gasteiger partial charge in [0.1, 0.15) is 0 Å². The van der Waals surface area contributed by atoms with Crippen molar-refractivity contribution >= 4 is 28.4 Å². The van der Waals surface area contributed by atoms with E-state index < -0.39 is 0 Å². The highest BCUT2D eigenvalue weighted by Crippen LogP contribution is 2.18. The highest BCUT2D eigenvalue weighted by molar-refractivity contribution is 6.63. The van der Waals surface area contributed by atoms with Crippen LogP contribution in [0.3, 0.4) is 0 Å². The molecule has 3 heteroatoms. The predicted octanol–water partition coefficient (Wildman–Crippen LogP) is 3.04. The summed E-state index contributed by atoms with van der Waals surface area (Å²) in [6.07, 6.45) is 1.25. The molecule has 0 aromatic carbocycles. The third kappa shape index (κ3) is 5.51. The van der Waals surface area contributed by atoms with Crippen LogP contribution >= 0.6 is 23.2 Å². The standard InChI is InChI=1S/C8H14Cl2O/c1-6(2)7(5-9)3-4-8(10)11/h6-7H,3-5H2,1-2H3. The summed E-state index contributed by atoms with van der Waals surface area (Å²) in [6.45, 7) is 4.21. The van der Waals surface area contributed by atoms with E-state index in [1.165, 1.54) is 0 Å². The second-order valence-electron chi connectivity index (χ2n) is 3.05. The summed E-state index contributed by atoms with van der Waals surface area (Å²) in [5.41, 5.74) is 0. The molecule has 0 fully saturated rings. The van der Waals surface area contributed by atoms with Gasteiger partial charge in [0.25, 0.3) is 0 Å². The largest absolute Gasteiger partial charge is 0.281 e. The highest BCUT2D eigenvalue weighted by atomic mass is 35.5. The number of carbonyl (C=O) groups excluding carboxylic acids is 1.